The molecule has 0 spiro atoms. The minimum absolute atomic E-state index is 0.0806. The molecule has 0 heterocycles. The highest BCUT2D eigenvalue weighted by atomic mass is 79.9. The molecule has 0 aliphatic rings. The monoisotopic (exact) mass is 379 g/mol. The number of methoxy groups -OCH3 is 1. The van der Waals surface area contributed by atoms with Crippen molar-refractivity contribution in [2.45, 2.75) is 6.54 Å². The second kappa shape index (κ2) is 6.58. The average Bonchev–Trinajstić information content (AvgIpc) is 2.41. The van der Waals surface area contributed by atoms with Crippen molar-refractivity contribution in [1.29, 1.82) is 0 Å². The topological polar surface area (TPSA) is 21.3 Å². The van der Waals surface area contributed by atoms with Gasteiger partial charge in [0.1, 0.15) is 0 Å². The summed E-state index contributed by atoms with van der Waals surface area (Å²) >= 11 is 9.24. The molecule has 21 heavy (non-hydrogen) atoms. The van der Waals surface area contributed by atoms with Gasteiger partial charge in [0.15, 0.2) is 23.2 Å². The zero-order valence-corrected chi connectivity index (χ0v) is 13.2. The van der Waals surface area contributed by atoms with Crippen LogP contribution in [0.1, 0.15) is 5.56 Å². The fourth-order valence-corrected chi connectivity index (χ4v) is 2.78. The molecule has 0 aliphatic carbocycles. The number of hydrogen-bond donors (Lipinski definition) is 1. The molecule has 0 saturated carbocycles. The Morgan fingerprint density at radius 1 is 1.14 bits per heavy atom. The Kier molecular flexibility index (Phi) is 5.00. The average molecular weight is 381 g/mol. The molecule has 0 amide bonds. The van der Waals surface area contributed by atoms with E-state index < -0.39 is 17.5 Å². The van der Waals surface area contributed by atoms with Crippen LogP contribution >= 0.6 is 27.5 Å². The summed E-state index contributed by atoms with van der Waals surface area (Å²) in [6, 6.07) is 5.12. The Morgan fingerprint density at radius 2 is 1.76 bits per heavy atom. The third-order valence-electron chi connectivity index (χ3n) is 2.74. The van der Waals surface area contributed by atoms with Gasteiger partial charge in [-0.2, -0.15) is 0 Å². The molecule has 0 aliphatic heterocycles. The Bertz CT molecular complexity index is 659. The second-order valence-corrected chi connectivity index (χ2v) is 5.49. The van der Waals surface area contributed by atoms with Gasteiger partial charge in [0.2, 0.25) is 0 Å². The molecule has 2 aromatic rings. The van der Waals surface area contributed by atoms with Crippen molar-refractivity contribution in [2.75, 3.05) is 12.4 Å². The molecule has 2 rings (SSSR count). The summed E-state index contributed by atoms with van der Waals surface area (Å²) in [6.07, 6.45) is 0. The summed E-state index contributed by atoms with van der Waals surface area (Å²) in [5.74, 6) is -3.44. The van der Waals surface area contributed by atoms with E-state index in [1.807, 2.05) is 0 Å². The van der Waals surface area contributed by atoms with Crippen LogP contribution in [0.5, 0.6) is 5.75 Å². The van der Waals surface area contributed by atoms with E-state index in [9.17, 15) is 13.2 Å². The maximum atomic E-state index is 13.1. The van der Waals surface area contributed by atoms with Crippen LogP contribution in [-0.4, -0.2) is 7.11 Å². The van der Waals surface area contributed by atoms with Gasteiger partial charge in [0.05, 0.1) is 17.3 Å². The van der Waals surface area contributed by atoms with Crippen molar-refractivity contribution >= 4 is 33.2 Å². The molecular formula is C14H10BrClF3NO. The van der Waals surface area contributed by atoms with E-state index in [1.165, 1.54) is 7.11 Å². The van der Waals surface area contributed by atoms with E-state index in [-0.39, 0.29) is 12.1 Å². The predicted molar refractivity (Wildman–Crippen MR) is 79.3 cm³/mol. The van der Waals surface area contributed by atoms with Crippen LogP contribution in [-0.2, 0) is 6.54 Å². The highest BCUT2D eigenvalue weighted by Gasteiger charge is 2.12. The third kappa shape index (κ3) is 3.63. The first-order valence-corrected chi connectivity index (χ1v) is 6.99. The van der Waals surface area contributed by atoms with Crippen LogP contribution in [0.25, 0.3) is 0 Å². The molecule has 0 fully saturated rings. The summed E-state index contributed by atoms with van der Waals surface area (Å²) in [5.41, 5.74) is 0.798. The van der Waals surface area contributed by atoms with Crippen LogP contribution in [0.15, 0.2) is 28.7 Å². The number of ether oxygens (including phenoxy) is 1. The molecule has 0 aromatic heterocycles. The summed E-state index contributed by atoms with van der Waals surface area (Å²) in [6.45, 7) is 0.0806. The van der Waals surface area contributed by atoms with Crippen molar-refractivity contribution in [3.8, 4) is 5.75 Å². The molecule has 1 N–H and O–H groups in total. The normalized spacial score (nSPS) is 10.6. The number of anilines is 1. The zero-order chi connectivity index (χ0) is 15.6. The molecule has 112 valence electrons. The zero-order valence-electron chi connectivity index (χ0n) is 10.8. The summed E-state index contributed by atoms with van der Waals surface area (Å²) < 4.78 is 45.0. The molecule has 7 heteroatoms. The van der Waals surface area contributed by atoms with E-state index in [2.05, 4.69) is 21.2 Å². The molecule has 2 nitrogen and oxygen atoms in total. The number of hydrogen-bond acceptors (Lipinski definition) is 2. The highest BCUT2D eigenvalue weighted by molar-refractivity contribution is 9.10. The van der Waals surface area contributed by atoms with Gasteiger partial charge in [0, 0.05) is 11.6 Å². The Labute approximate surface area is 133 Å². The molecule has 2 aromatic carbocycles. The van der Waals surface area contributed by atoms with Gasteiger partial charge in [0.25, 0.3) is 0 Å². The van der Waals surface area contributed by atoms with E-state index in [0.717, 1.165) is 12.1 Å². The first-order chi connectivity index (χ1) is 9.92. The summed E-state index contributed by atoms with van der Waals surface area (Å²) in [4.78, 5) is 0. The van der Waals surface area contributed by atoms with Gasteiger partial charge in [-0.25, -0.2) is 13.2 Å². The number of benzene rings is 2. The third-order valence-corrected chi connectivity index (χ3v) is 3.55. The molecule has 0 unspecified atom stereocenters. The Balaban J connectivity index is 2.24. The van der Waals surface area contributed by atoms with Crippen LogP contribution < -0.4 is 10.1 Å². The molecular weight excluding hydrogens is 371 g/mol. The van der Waals surface area contributed by atoms with Crippen LogP contribution in [0.3, 0.4) is 0 Å². The smallest absolute Gasteiger partial charge is 0.194 e. The van der Waals surface area contributed by atoms with E-state index in [1.54, 1.807) is 12.1 Å². The van der Waals surface area contributed by atoms with Crippen LogP contribution in [0.4, 0.5) is 18.9 Å². The quantitative estimate of drug-likeness (QED) is 0.742. The molecule has 0 saturated heterocycles. The minimum Gasteiger partial charge on any atom is -0.493 e. The lowest BCUT2D eigenvalue weighted by molar-refractivity contribution is 0.414. The fraction of sp³-hybridized carbons (Fsp3) is 0.143. The summed E-state index contributed by atoms with van der Waals surface area (Å²) in [5, 5.41) is 3.40. The first kappa shape index (κ1) is 16.0. The fourth-order valence-electron chi connectivity index (χ4n) is 1.81. The predicted octanol–water partition coefficient (Wildman–Crippen LogP) is 5.14. The lowest BCUT2D eigenvalue weighted by atomic mass is 10.2. The van der Waals surface area contributed by atoms with Crippen molar-refractivity contribution in [3.05, 3.63) is 56.8 Å². The van der Waals surface area contributed by atoms with E-state index in [0.29, 0.717) is 20.9 Å². The lowest BCUT2D eigenvalue weighted by Gasteiger charge is -2.13. The lowest BCUT2D eigenvalue weighted by Crippen LogP contribution is -2.04. The van der Waals surface area contributed by atoms with Gasteiger partial charge in [-0.3, -0.25) is 0 Å². The molecule has 0 bridgehead atoms. The van der Waals surface area contributed by atoms with Gasteiger partial charge >= 0.3 is 0 Å². The molecule has 0 atom stereocenters. The first-order valence-electron chi connectivity index (χ1n) is 5.82. The Hall–Kier alpha value is -1.40. The van der Waals surface area contributed by atoms with Crippen molar-refractivity contribution < 1.29 is 17.9 Å². The van der Waals surface area contributed by atoms with Gasteiger partial charge < -0.3 is 10.1 Å². The highest BCUT2D eigenvalue weighted by Crippen LogP contribution is 2.36. The Morgan fingerprint density at radius 3 is 2.33 bits per heavy atom. The SMILES string of the molecule is COc1c(Br)cc(Cl)cc1NCc1cc(F)c(F)c(F)c1. The van der Waals surface area contributed by atoms with Gasteiger partial charge in [-0.05, 0) is 45.8 Å². The van der Waals surface area contributed by atoms with E-state index >= 15 is 0 Å². The standard InChI is InChI=1S/C14H10BrClF3NO/c1-21-14-9(15)4-8(16)5-12(14)20-6-7-2-10(17)13(19)11(18)3-7/h2-5,20H,6H2,1H3. The van der Waals surface area contributed by atoms with Gasteiger partial charge in [-0.1, -0.05) is 11.6 Å². The maximum absolute atomic E-state index is 13.1. The number of rotatable bonds is 4. The van der Waals surface area contributed by atoms with Gasteiger partial charge in [-0.15, -0.1) is 0 Å². The maximum Gasteiger partial charge on any atom is 0.194 e. The summed E-state index contributed by atoms with van der Waals surface area (Å²) in [7, 11) is 1.48. The second-order valence-electron chi connectivity index (χ2n) is 4.20. The van der Waals surface area contributed by atoms with Crippen molar-refractivity contribution in [2.24, 2.45) is 0 Å². The minimum atomic E-state index is -1.48. The van der Waals surface area contributed by atoms with E-state index in [4.69, 9.17) is 16.3 Å². The van der Waals surface area contributed by atoms with Crippen LogP contribution in [0.2, 0.25) is 5.02 Å². The molecule has 0 radical (unpaired) electrons. The van der Waals surface area contributed by atoms with Crippen LogP contribution in [0, 0.1) is 17.5 Å². The number of halogens is 5. The number of nitrogens with one attached hydrogen (secondary N) is 1. The van der Waals surface area contributed by atoms with Crippen molar-refractivity contribution in [3.63, 3.8) is 0 Å². The van der Waals surface area contributed by atoms with Crippen molar-refractivity contribution in [1.82, 2.24) is 0 Å². The largest absolute Gasteiger partial charge is 0.493 e.